The molecule has 1 atom stereocenters. The van der Waals surface area contributed by atoms with Crippen molar-refractivity contribution in [1.82, 2.24) is 4.98 Å². The van der Waals surface area contributed by atoms with E-state index >= 15 is 0 Å². The van der Waals surface area contributed by atoms with Gasteiger partial charge in [-0.25, -0.2) is 4.98 Å². The van der Waals surface area contributed by atoms with E-state index in [9.17, 15) is 4.79 Å². The van der Waals surface area contributed by atoms with Gasteiger partial charge in [0.15, 0.2) is 17.6 Å². The van der Waals surface area contributed by atoms with Crippen LogP contribution in [0.3, 0.4) is 0 Å². The number of amides is 1. The summed E-state index contributed by atoms with van der Waals surface area (Å²) in [6, 6.07) is 14.3. The van der Waals surface area contributed by atoms with Gasteiger partial charge in [-0.1, -0.05) is 17.7 Å². The number of benzene rings is 2. The Morgan fingerprint density at radius 3 is 2.27 bits per heavy atom. The number of ether oxygens (including phenoxy) is 4. The molecule has 0 unspecified atom stereocenters. The van der Waals surface area contributed by atoms with Crippen LogP contribution in [0.1, 0.15) is 18.1 Å². The molecule has 3 rings (SSSR count). The zero-order chi connectivity index (χ0) is 24.0. The number of carbonyl (C=O) groups excluding carboxylic acids is 1. The third-order valence-corrected chi connectivity index (χ3v) is 5.47. The maximum Gasteiger partial charge on any atom is 0.269 e. The Bertz CT molecular complexity index is 1080. The average molecular weight is 471 g/mol. The average Bonchev–Trinajstić information content (AvgIpc) is 2.84. The Labute approximate surface area is 198 Å². The molecule has 1 aromatic heterocycles. The van der Waals surface area contributed by atoms with E-state index in [-0.39, 0.29) is 12.5 Å². The summed E-state index contributed by atoms with van der Waals surface area (Å²) in [6.07, 6.45) is 0.869. The maximum absolute atomic E-state index is 13.5. The van der Waals surface area contributed by atoms with E-state index in [0.717, 1.165) is 11.1 Å². The van der Waals surface area contributed by atoms with Gasteiger partial charge in [0.2, 0.25) is 5.75 Å². The lowest BCUT2D eigenvalue weighted by Crippen LogP contribution is -2.40. The number of methoxy groups -OCH3 is 3. The van der Waals surface area contributed by atoms with Crippen LogP contribution in [-0.4, -0.2) is 38.3 Å². The van der Waals surface area contributed by atoms with Gasteiger partial charge in [-0.05, 0) is 67.4 Å². The van der Waals surface area contributed by atoms with Crippen molar-refractivity contribution in [2.45, 2.75) is 26.5 Å². The molecule has 0 bridgehead atoms. The minimum Gasteiger partial charge on any atom is -0.493 e. The molecular formula is C25H27ClN2O5. The lowest BCUT2D eigenvalue weighted by atomic mass is 10.1. The number of anilines is 1. The molecule has 0 saturated carbocycles. The highest BCUT2D eigenvalue weighted by molar-refractivity contribution is 6.31. The van der Waals surface area contributed by atoms with Crippen LogP contribution in [0.25, 0.3) is 0 Å². The summed E-state index contributed by atoms with van der Waals surface area (Å²) in [4.78, 5) is 19.4. The monoisotopic (exact) mass is 470 g/mol. The first-order valence-corrected chi connectivity index (χ1v) is 10.7. The summed E-state index contributed by atoms with van der Waals surface area (Å²) in [5, 5.41) is 0.638. The van der Waals surface area contributed by atoms with E-state index in [1.807, 2.05) is 13.0 Å². The van der Waals surface area contributed by atoms with Crippen LogP contribution in [0.15, 0.2) is 54.7 Å². The van der Waals surface area contributed by atoms with E-state index in [1.165, 1.54) is 0 Å². The van der Waals surface area contributed by atoms with Crippen LogP contribution >= 0.6 is 11.6 Å². The fourth-order valence-corrected chi connectivity index (χ4v) is 3.48. The summed E-state index contributed by atoms with van der Waals surface area (Å²) < 4.78 is 22.2. The fraction of sp³-hybridized carbons (Fsp3) is 0.280. The summed E-state index contributed by atoms with van der Waals surface area (Å²) >= 11 is 6.10. The van der Waals surface area contributed by atoms with Crippen molar-refractivity contribution >= 4 is 23.3 Å². The third kappa shape index (κ3) is 5.68. The van der Waals surface area contributed by atoms with Gasteiger partial charge in [-0.2, -0.15) is 0 Å². The second kappa shape index (κ2) is 10.9. The minimum absolute atomic E-state index is 0.222. The van der Waals surface area contributed by atoms with E-state index in [1.54, 1.807) is 81.8 Å². The first kappa shape index (κ1) is 24.2. The summed E-state index contributed by atoms with van der Waals surface area (Å²) in [5.41, 5.74) is 1.64. The van der Waals surface area contributed by atoms with Crippen molar-refractivity contribution in [3.8, 4) is 23.0 Å². The highest BCUT2D eigenvalue weighted by Crippen LogP contribution is 2.38. The first-order chi connectivity index (χ1) is 15.9. The molecule has 0 aliphatic carbocycles. The lowest BCUT2D eigenvalue weighted by Gasteiger charge is -2.26. The number of aromatic nitrogens is 1. The van der Waals surface area contributed by atoms with E-state index in [2.05, 4.69) is 4.98 Å². The first-order valence-electron chi connectivity index (χ1n) is 10.3. The Hall–Kier alpha value is -3.45. The van der Waals surface area contributed by atoms with Crippen LogP contribution in [0, 0.1) is 6.92 Å². The van der Waals surface area contributed by atoms with Crippen LogP contribution in [0.4, 0.5) is 5.82 Å². The number of aryl methyl sites for hydroxylation is 1. The van der Waals surface area contributed by atoms with Crippen molar-refractivity contribution in [1.29, 1.82) is 0 Å². The normalized spacial score (nSPS) is 11.5. The number of halogens is 1. The molecule has 0 fully saturated rings. The molecule has 0 spiro atoms. The minimum atomic E-state index is -0.769. The van der Waals surface area contributed by atoms with Gasteiger partial charge < -0.3 is 18.9 Å². The molecule has 33 heavy (non-hydrogen) atoms. The van der Waals surface area contributed by atoms with Gasteiger partial charge in [0.05, 0.1) is 27.9 Å². The molecule has 2 aromatic carbocycles. The molecule has 0 saturated heterocycles. The SMILES string of the molecule is COc1cc(CN(C(=O)[C@H](C)Oc2ccc(Cl)c(C)c2)c2ccccn2)cc(OC)c1OC. The van der Waals surface area contributed by atoms with Crippen LogP contribution in [0.5, 0.6) is 23.0 Å². The van der Waals surface area contributed by atoms with Crippen LogP contribution in [0.2, 0.25) is 5.02 Å². The van der Waals surface area contributed by atoms with Crippen molar-refractivity contribution in [2.24, 2.45) is 0 Å². The Morgan fingerprint density at radius 1 is 1.03 bits per heavy atom. The molecule has 174 valence electrons. The van der Waals surface area contributed by atoms with Crippen molar-refractivity contribution in [3.63, 3.8) is 0 Å². The molecule has 0 aliphatic rings. The molecule has 8 heteroatoms. The highest BCUT2D eigenvalue weighted by atomic mass is 35.5. The van der Waals surface area contributed by atoms with Gasteiger partial charge in [0, 0.05) is 11.2 Å². The number of pyridine rings is 1. The van der Waals surface area contributed by atoms with Gasteiger partial charge in [0.1, 0.15) is 11.6 Å². The van der Waals surface area contributed by atoms with Gasteiger partial charge in [-0.3, -0.25) is 9.69 Å². The summed E-state index contributed by atoms with van der Waals surface area (Å²) in [7, 11) is 4.64. The predicted molar refractivity (Wildman–Crippen MR) is 128 cm³/mol. The second-order valence-electron chi connectivity index (χ2n) is 7.32. The lowest BCUT2D eigenvalue weighted by molar-refractivity contribution is -0.124. The van der Waals surface area contributed by atoms with Gasteiger partial charge in [-0.15, -0.1) is 0 Å². The number of rotatable bonds is 9. The predicted octanol–water partition coefficient (Wildman–Crippen LogP) is 5.07. The molecule has 1 heterocycles. The zero-order valence-electron chi connectivity index (χ0n) is 19.3. The topological polar surface area (TPSA) is 70.1 Å². The number of hydrogen-bond donors (Lipinski definition) is 0. The highest BCUT2D eigenvalue weighted by Gasteiger charge is 2.26. The van der Waals surface area contributed by atoms with Gasteiger partial charge in [0.25, 0.3) is 5.91 Å². The number of hydrogen-bond acceptors (Lipinski definition) is 6. The van der Waals surface area contributed by atoms with E-state index in [0.29, 0.717) is 33.8 Å². The van der Waals surface area contributed by atoms with Crippen LogP contribution in [-0.2, 0) is 11.3 Å². The van der Waals surface area contributed by atoms with Crippen molar-refractivity contribution < 1.29 is 23.7 Å². The maximum atomic E-state index is 13.5. The zero-order valence-corrected chi connectivity index (χ0v) is 20.1. The second-order valence-corrected chi connectivity index (χ2v) is 7.72. The van der Waals surface area contributed by atoms with Crippen molar-refractivity contribution in [2.75, 3.05) is 26.2 Å². The van der Waals surface area contributed by atoms with Crippen LogP contribution < -0.4 is 23.8 Å². The molecule has 1 amide bonds. The Kier molecular flexibility index (Phi) is 8.01. The number of nitrogens with zero attached hydrogens (tertiary/aromatic N) is 2. The van der Waals surface area contributed by atoms with E-state index in [4.69, 9.17) is 30.5 Å². The third-order valence-electron chi connectivity index (χ3n) is 5.05. The van der Waals surface area contributed by atoms with Crippen molar-refractivity contribution in [3.05, 3.63) is 70.9 Å². The molecule has 0 aliphatic heterocycles. The molecule has 0 N–H and O–H groups in total. The quantitative estimate of drug-likeness (QED) is 0.435. The molecule has 3 aromatic rings. The molecule has 0 radical (unpaired) electrons. The standard InChI is InChI=1S/C25H27ClN2O5/c1-16-12-19(9-10-20(16)26)33-17(2)25(29)28(23-8-6-7-11-27-23)15-18-13-21(30-3)24(32-5)22(14-18)31-4/h6-14,17H,15H2,1-5H3/t17-/m0/s1. The fourth-order valence-electron chi connectivity index (χ4n) is 3.36. The number of carbonyl (C=O) groups is 1. The smallest absolute Gasteiger partial charge is 0.269 e. The summed E-state index contributed by atoms with van der Waals surface area (Å²) in [5.74, 6) is 2.29. The Balaban J connectivity index is 1.92. The van der Waals surface area contributed by atoms with E-state index < -0.39 is 6.10 Å². The molecule has 7 nitrogen and oxygen atoms in total. The van der Waals surface area contributed by atoms with Gasteiger partial charge >= 0.3 is 0 Å². The largest absolute Gasteiger partial charge is 0.493 e. The summed E-state index contributed by atoms with van der Waals surface area (Å²) in [6.45, 7) is 3.81. The molecular weight excluding hydrogens is 444 g/mol. The Morgan fingerprint density at radius 2 is 1.73 bits per heavy atom.